The molecular formula is C15H20BrNO3. The summed E-state index contributed by atoms with van der Waals surface area (Å²) < 4.78 is 7.01. The molecule has 20 heavy (non-hydrogen) atoms. The number of rotatable bonds is 6. The summed E-state index contributed by atoms with van der Waals surface area (Å²) in [6.45, 7) is 2.84. The van der Waals surface area contributed by atoms with Crippen molar-refractivity contribution in [2.24, 2.45) is 0 Å². The lowest BCUT2D eigenvalue weighted by molar-refractivity contribution is -0.137. The van der Waals surface area contributed by atoms with Gasteiger partial charge in [0.05, 0.1) is 0 Å². The minimum absolute atomic E-state index is 0.258. The van der Waals surface area contributed by atoms with Gasteiger partial charge in [0, 0.05) is 24.0 Å². The molecule has 1 aromatic rings. The van der Waals surface area contributed by atoms with Crippen LogP contribution in [0.2, 0.25) is 0 Å². The van der Waals surface area contributed by atoms with Gasteiger partial charge in [-0.1, -0.05) is 22.0 Å². The lowest BCUT2D eigenvalue weighted by Crippen LogP contribution is -2.38. The zero-order valence-electron chi connectivity index (χ0n) is 11.4. The molecule has 1 fully saturated rings. The van der Waals surface area contributed by atoms with Gasteiger partial charge < -0.3 is 14.7 Å². The molecule has 2 rings (SSSR count). The molecule has 1 N–H and O–H groups in total. The van der Waals surface area contributed by atoms with Gasteiger partial charge in [-0.3, -0.25) is 4.79 Å². The second kappa shape index (κ2) is 7.64. The standard InChI is InChI=1S/C15H20BrNO3/c16-12-3-1-4-14(11-12)20-13-6-9-17(10-7-13)8-2-5-15(18)19/h1,3-4,11,13H,2,5-10H2,(H,18,19). The summed E-state index contributed by atoms with van der Waals surface area (Å²) in [6.07, 6.45) is 3.25. The van der Waals surface area contributed by atoms with E-state index in [-0.39, 0.29) is 12.5 Å². The molecule has 5 heteroatoms. The minimum atomic E-state index is -0.710. The first-order valence-corrected chi connectivity index (χ1v) is 7.79. The van der Waals surface area contributed by atoms with Crippen LogP contribution in [0.15, 0.2) is 28.7 Å². The van der Waals surface area contributed by atoms with Crippen molar-refractivity contribution in [3.8, 4) is 5.75 Å². The Morgan fingerprint density at radius 2 is 2.15 bits per heavy atom. The zero-order chi connectivity index (χ0) is 14.4. The predicted octanol–water partition coefficient (Wildman–Crippen LogP) is 3.16. The van der Waals surface area contributed by atoms with E-state index in [0.29, 0.717) is 0 Å². The van der Waals surface area contributed by atoms with Crippen LogP contribution in [0, 0.1) is 0 Å². The average molecular weight is 342 g/mol. The third kappa shape index (κ3) is 5.13. The van der Waals surface area contributed by atoms with Crippen LogP contribution >= 0.6 is 15.9 Å². The molecule has 0 spiro atoms. The fourth-order valence-corrected chi connectivity index (χ4v) is 2.82. The molecule has 0 amide bonds. The predicted molar refractivity (Wildman–Crippen MR) is 81.1 cm³/mol. The molecule has 110 valence electrons. The molecule has 4 nitrogen and oxygen atoms in total. The number of likely N-dealkylation sites (tertiary alicyclic amines) is 1. The second-order valence-electron chi connectivity index (χ2n) is 5.11. The number of hydrogen-bond donors (Lipinski definition) is 1. The monoisotopic (exact) mass is 341 g/mol. The topological polar surface area (TPSA) is 49.8 Å². The van der Waals surface area contributed by atoms with Gasteiger partial charge in [-0.15, -0.1) is 0 Å². The van der Waals surface area contributed by atoms with Gasteiger partial charge in [-0.05, 0) is 44.0 Å². The van der Waals surface area contributed by atoms with E-state index in [2.05, 4.69) is 20.8 Å². The van der Waals surface area contributed by atoms with Crippen LogP contribution in [0.25, 0.3) is 0 Å². The molecule has 0 atom stereocenters. The number of piperidine rings is 1. The van der Waals surface area contributed by atoms with Gasteiger partial charge in [-0.2, -0.15) is 0 Å². The van der Waals surface area contributed by atoms with Crippen LogP contribution in [0.5, 0.6) is 5.75 Å². The largest absolute Gasteiger partial charge is 0.490 e. The summed E-state index contributed by atoms with van der Waals surface area (Å²) in [4.78, 5) is 12.8. The first-order valence-electron chi connectivity index (χ1n) is 7.00. The van der Waals surface area contributed by atoms with Crippen LogP contribution in [0.3, 0.4) is 0 Å². The molecule has 1 aliphatic heterocycles. The van der Waals surface area contributed by atoms with Crippen molar-refractivity contribution in [3.05, 3.63) is 28.7 Å². The number of carboxylic acid groups (broad SMARTS) is 1. The van der Waals surface area contributed by atoms with E-state index in [9.17, 15) is 4.79 Å². The Bertz CT molecular complexity index is 444. The highest BCUT2D eigenvalue weighted by molar-refractivity contribution is 9.10. The van der Waals surface area contributed by atoms with Crippen molar-refractivity contribution in [1.82, 2.24) is 4.90 Å². The number of ether oxygens (including phenoxy) is 1. The molecule has 1 aliphatic rings. The number of aliphatic carboxylic acids is 1. The van der Waals surface area contributed by atoms with Gasteiger partial charge in [0.25, 0.3) is 0 Å². The van der Waals surface area contributed by atoms with Crippen LogP contribution in [-0.4, -0.2) is 41.7 Å². The number of carbonyl (C=O) groups is 1. The first-order chi connectivity index (χ1) is 9.63. The third-order valence-corrected chi connectivity index (χ3v) is 3.99. The number of hydrogen-bond acceptors (Lipinski definition) is 3. The quantitative estimate of drug-likeness (QED) is 0.863. The zero-order valence-corrected chi connectivity index (χ0v) is 13.0. The van der Waals surface area contributed by atoms with Crippen molar-refractivity contribution in [3.63, 3.8) is 0 Å². The van der Waals surface area contributed by atoms with Crippen molar-refractivity contribution in [1.29, 1.82) is 0 Å². The Morgan fingerprint density at radius 3 is 2.80 bits per heavy atom. The maximum atomic E-state index is 10.5. The molecule has 0 saturated carbocycles. The average Bonchev–Trinajstić information content (AvgIpc) is 2.40. The van der Waals surface area contributed by atoms with E-state index in [1.165, 1.54) is 0 Å². The third-order valence-electron chi connectivity index (χ3n) is 3.50. The van der Waals surface area contributed by atoms with Crippen molar-refractivity contribution < 1.29 is 14.6 Å². The Balaban J connectivity index is 1.70. The van der Waals surface area contributed by atoms with Crippen LogP contribution in [-0.2, 0) is 4.79 Å². The number of halogens is 1. The molecular weight excluding hydrogens is 322 g/mol. The molecule has 1 aromatic carbocycles. The molecule has 0 bridgehead atoms. The summed E-state index contributed by atoms with van der Waals surface area (Å²) in [5.41, 5.74) is 0. The highest BCUT2D eigenvalue weighted by atomic mass is 79.9. The summed E-state index contributed by atoms with van der Waals surface area (Å²) in [7, 11) is 0. The lowest BCUT2D eigenvalue weighted by atomic mass is 10.1. The Labute approximate surface area is 127 Å². The Hall–Kier alpha value is -1.07. The van der Waals surface area contributed by atoms with Gasteiger partial charge in [0.15, 0.2) is 0 Å². The Kier molecular flexibility index (Phi) is 5.86. The van der Waals surface area contributed by atoms with E-state index in [1.54, 1.807) is 0 Å². The van der Waals surface area contributed by atoms with E-state index < -0.39 is 5.97 Å². The first kappa shape index (κ1) is 15.3. The van der Waals surface area contributed by atoms with Crippen LogP contribution < -0.4 is 4.74 Å². The number of benzene rings is 1. The van der Waals surface area contributed by atoms with Gasteiger partial charge in [-0.25, -0.2) is 0 Å². The maximum absolute atomic E-state index is 10.5. The van der Waals surface area contributed by atoms with E-state index >= 15 is 0 Å². The minimum Gasteiger partial charge on any atom is -0.490 e. The number of nitrogens with zero attached hydrogens (tertiary/aromatic N) is 1. The summed E-state index contributed by atoms with van der Waals surface area (Å²) in [5.74, 6) is 0.196. The van der Waals surface area contributed by atoms with E-state index in [0.717, 1.165) is 49.1 Å². The van der Waals surface area contributed by atoms with Gasteiger partial charge in [0.1, 0.15) is 11.9 Å². The van der Waals surface area contributed by atoms with Crippen molar-refractivity contribution >= 4 is 21.9 Å². The van der Waals surface area contributed by atoms with Crippen LogP contribution in [0.1, 0.15) is 25.7 Å². The molecule has 0 aliphatic carbocycles. The lowest BCUT2D eigenvalue weighted by Gasteiger charge is -2.32. The summed E-state index contributed by atoms with van der Waals surface area (Å²) in [5, 5.41) is 8.63. The summed E-state index contributed by atoms with van der Waals surface area (Å²) >= 11 is 3.44. The number of carboxylic acids is 1. The Morgan fingerprint density at radius 1 is 1.40 bits per heavy atom. The molecule has 0 radical (unpaired) electrons. The SMILES string of the molecule is O=C(O)CCCN1CCC(Oc2cccc(Br)c2)CC1. The fraction of sp³-hybridized carbons (Fsp3) is 0.533. The van der Waals surface area contributed by atoms with E-state index in [1.807, 2.05) is 24.3 Å². The molecule has 0 unspecified atom stereocenters. The molecule has 1 heterocycles. The smallest absolute Gasteiger partial charge is 0.303 e. The normalized spacial score (nSPS) is 17.1. The second-order valence-corrected chi connectivity index (χ2v) is 6.03. The highest BCUT2D eigenvalue weighted by Gasteiger charge is 2.20. The van der Waals surface area contributed by atoms with Crippen molar-refractivity contribution in [2.75, 3.05) is 19.6 Å². The summed E-state index contributed by atoms with van der Waals surface area (Å²) in [6, 6.07) is 7.92. The maximum Gasteiger partial charge on any atom is 0.303 e. The highest BCUT2D eigenvalue weighted by Crippen LogP contribution is 2.22. The van der Waals surface area contributed by atoms with Gasteiger partial charge in [0.2, 0.25) is 0 Å². The van der Waals surface area contributed by atoms with Gasteiger partial charge >= 0.3 is 5.97 Å². The fourth-order valence-electron chi connectivity index (χ4n) is 2.44. The van der Waals surface area contributed by atoms with Crippen LogP contribution in [0.4, 0.5) is 0 Å². The van der Waals surface area contributed by atoms with E-state index in [4.69, 9.17) is 9.84 Å². The molecule has 1 saturated heterocycles. The molecule has 0 aromatic heterocycles. The van der Waals surface area contributed by atoms with Crippen molar-refractivity contribution in [2.45, 2.75) is 31.8 Å².